The summed E-state index contributed by atoms with van der Waals surface area (Å²) in [6.45, 7) is 5.62. The fourth-order valence-electron chi connectivity index (χ4n) is 2.28. The van der Waals surface area contributed by atoms with Crippen molar-refractivity contribution >= 4 is 5.91 Å². The molecule has 0 fully saturated rings. The summed E-state index contributed by atoms with van der Waals surface area (Å²) in [5, 5.41) is 6.60. The van der Waals surface area contributed by atoms with E-state index in [4.69, 9.17) is 14.0 Å². The lowest BCUT2D eigenvalue weighted by Gasteiger charge is -2.18. The predicted octanol–water partition coefficient (Wildman–Crippen LogP) is 2.80. The Morgan fingerprint density at radius 1 is 1.18 bits per heavy atom. The first-order valence-corrected chi connectivity index (χ1v) is 6.93. The molecule has 0 spiro atoms. The molecule has 2 rings (SSSR count). The van der Waals surface area contributed by atoms with E-state index in [2.05, 4.69) is 10.5 Å². The molecular formula is C16H20N2O4. The number of carbonyl (C=O) groups is 1. The number of amides is 1. The highest BCUT2D eigenvalue weighted by Crippen LogP contribution is 2.32. The minimum absolute atomic E-state index is 0.197. The molecule has 6 heteroatoms. The topological polar surface area (TPSA) is 73.6 Å². The molecule has 1 unspecified atom stereocenters. The highest BCUT2D eigenvalue weighted by molar-refractivity contribution is 5.91. The Balaban J connectivity index is 2.22. The van der Waals surface area contributed by atoms with Crippen molar-refractivity contribution in [2.45, 2.75) is 26.8 Å². The summed E-state index contributed by atoms with van der Waals surface area (Å²) in [5.74, 6) is 1.18. The second kappa shape index (κ2) is 6.51. The van der Waals surface area contributed by atoms with Crippen molar-refractivity contribution in [3.05, 3.63) is 40.8 Å². The average Bonchev–Trinajstić information content (AvgIpc) is 2.93. The summed E-state index contributed by atoms with van der Waals surface area (Å²) in [6, 6.07) is 5.14. The average molecular weight is 304 g/mol. The molecular weight excluding hydrogens is 284 g/mol. The maximum absolute atomic E-state index is 12.1. The number of hydrogen-bond donors (Lipinski definition) is 1. The monoisotopic (exact) mass is 304 g/mol. The van der Waals surface area contributed by atoms with Crippen LogP contribution in [-0.4, -0.2) is 25.3 Å². The number of rotatable bonds is 5. The van der Waals surface area contributed by atoms with Crippen LogP contribution in [0.15, 0.2) is 22.7 Å². The molecule has 0 saturated heterocycles. The van der Waals surface area contributed by atoms with E-state index in [-0.39, 0.29) is 17.7 Å². The summed E-state index contributed by atoms with van der Waals surface area (Å²) in [6.07, 6.45) is 0. The van der Waals surface area contributed by atoms with Crippen LogP contribution in [-0.2, 0) is 0 Å². The van der Waals surface area contributed by atoms with Crippen molar-refractivity contribution in [1.82, 2.24) is 10.5 Å². The molecule has 1 amide bonds. The molecule has 0 aliphatic rings. The smallest absolute Gasteiger partial charge is 0.290 e. The number of carbonyl (C=O) groups excluding carboxylic acids is 1. The molecule has 0 aliphatic heterocycles. The normalized spacial score (nSPS) is 11.9. The third-order valence-corrected chi connectivity index (χ3v) is 3.44. The third kappa shape index (κ3) is 3.21. The lowest BCUT2D eigenvalue weighted by atomic mass is 10.0. The van der Waals surface area contributed by atoms with Crippen LogP contribution in [0.2, 0.25) is 0 Å². The van der Waals surface area contributed by atoms with Gasteiger partial charge in [0.05, 0.1) is 26.0 Å². The molecule has 1 atom stereocenters. The Labute approximate surface area is 129 Å². The van der Waals surface area contributed by atoms with Crippen molar-refractivity contribution < 1.29 is 18.8 Å². The molecule has 2 aromatic rings. The summed E-state index contributed by atoms with van der Waals surface area (Å²) in [5.41, 5.74) is 2.61. The Hall–Kier alpha value is -2.50. The van der Waals surface area contributed by atoms with Crippen molar-refractivity contribution in [1.29, 1.82) is 0 Å². The minimum atomic E-state index is -0.303. The van der Waals surface area contributed by atoms with Crippen LogP contribution in [0.25, 0.3) is 0 Å². The molecule has 6 nitrogen and oxygen atoms in total. The van der Waals surface area contributed by atoms with Gasteiger partial charge in [0.1, 0.15) is 0 Å². The first kappa shape index (κ1) is 15.9. The molecule has 1 heterocycles. The maximum atomic E-state index is 12.1. The lowest BCUT2D eigenvalue weighted by molar-refractivity contribution is 0.0902. The van der Waals surface area contributed by atoms with Crippen molar-refractivity contribution in [3.63, 3.8) is 0 Å². The third-order valence-electron chi connectivity index (χ3n) is 3.44. The molecule has 0 radical (unpaired) electrons. The number of nitrogens with one attached hydrogen (secondary N) is 1. The molecule has 0 saturated carbocycles. The van der Waals surface area contributed by atoms with E-state index in [0.29, 0.717) is 17.2 Å². The number of aromatic nitrogens is 1. The molecule has 1 aromatic carbocycles. The van der Waals surface area contributed by atoms with Gasteiger partial charge in [0.15, 0.2) is 11.5 Å². The number of nitrogens with zero attached hydrogens (tertiary/aromatic N) is 1. The van der Waals surface area contributed by atoms with E-state index in [0.717, 1.165) is 11.1 Å². The van der Waals surface area contributed by atoms with Crippen LogP contribution in [0.5, 0.6) is 11.5 Å². The van der Waals surface area contributed by atoms with Crippen LogP contribution in [0.1, 0.15) is 40.3 Å². The molecule has 0 aliphatic carbocycles. The van der Waals surface area contributed by atoms with Crippen molar-refractivity contribution in [3.8, 4) is 11.5 Å². The largest absolute Gasteiger partial charge is 0.493 e. The summed E-state index contributed by atoms with van der Waals surface area (Å²) in [7, 11) is 3.17. The van der Waals surface area contributed by atoms with Gasteiger partial charge >= 0.3 is 0 Å². The molecule has 1 N–H and O–H groups in total. The Bertz CT molecular complexity index is 679. The van der Waals surface area contributed by atoms with E-state index in [1.54, 1.807) is 27.2 Å². The van der Waals surface area contributed by atoms with Gasteiger partial charge in [-0.2, -0.15) is 0 Å². The second-order valence-corrected chi connectivity index (χ2v) is 5.09. The van der Waals surface area contributed by atoms with Gasteiger partial charge < -0.3 is 19.3 Å². The number of ether oxygens (including phenoxy) is 2. The number of benzene rings is 1. The highest BCUT2D eigenvalue weighted by Gasteiger charge is 2.18. The van der Waals surface area contributed by atoms with Gasteiger partial charge in [0.25, 0.3) is 5.91 Å². The number of aryl methyl sites for hydroxylation is 2. The second-order valence-electron chi connectivity index (χ2n) is 5.09. The Morgan fingerprint density at radius 3 is 2.36 bits per heavy atom. The van der Waals surface area contributed by atoms with Gasteiger partial charge in [-0.1, -0.05) is 5.16 Å². The number of hydrogen-bond acceptors (Lipinski definition) is 5. The fraction of sp³-hybridized carbons (Fsp3) is 0.375. The minimum Gasteiger partial charge on any atom is -0.493 e. The van der Waals surface area contributed by atoms with Crippen molar-refractivity contribution in [2.24, 2.45) is 0 Å². The van der Waals surface area contributed by atoms with Gasteiger partial charge in [-0.15, -0.1) is 0 Å². The van der Waals surface area contributed by atoms with Crippen LogP contribution >= 0.6 is 0 Å². The highest BCUT2D eigenvalue weighted by atomic mass is 16.5. The van der Waals surface area contributed by atoms with Gasteiger partial charge in [-0.25, -0.2) is 0 Å². The molecule has 1 aromatic heterocycles. The zero-order valence-electron chi connectivity index (χ0n) is 13.4. The maximum Gasteiger partial charge on any atom is 0.290 e. The molecule has 0 bridgehead atoms. The Morgan fingerprint density at radius 2 is 1.82 bits per heavy atom. The first-order chi connectivity index (χ1) is 10.5. The predicted molar refractivity (Wildman–Crippen MR) is 81.4 cm³/mol. The Kier molecular flexibility index (Phi) is 4.70. The van der Waals surface area contributed by atoms with E-state index in [9.17, 15) is 4.79 Å². The summed E-state index contributed by atoms with van der Waals surface area (Å²) in [4.78, 5) is 12.1. The van der Waals surface area contributed by atoms with E-state index < -0.39 is 0 Å². The van der Waals surface area contributed by atoms with Crippen molar-refractivity contribution in [2.75, 3.05) is 14.2 Å². The zero-order valence-corrected chi connectivity index (χ0v) is 13.4. The zero-order chi connectivity index (χ0) is 16.3. The van der Waals surface area contributed by atoms with Crippen LogP contribution < -0.4 is 14.8 Å². The van der Waals surface area contributed by atoms with E-state index in [1.807, 2.05) is 26.0 Å². The van der Waals surface area contributed by atoms with Gasteiger partial charge in [0.2, 0.25) is 5.76 Å². The summed E-state index contributed by atoms with van der Waals surface area (Å²) < 4.78 is 15.5. The van der Waals surface area contributed by atoms with E-state index >= 15 is 0 Å². The number of methoxy groups -OCH3 is 2. The first-order valence-electron chi connectivity index (χ1n) is 6.93. The lowest BCUT2D eigenvalue weighted by Crippen LogP contribution is -2.26. The quantitative estimate of drug-likeness (QED) is 0.919. The van der Waals surface area contributed by atoms with Crippen LogP contribution in [0, 0.1) is 13.8 Å². The van der Waals surface area contributed by atoms with Crippen LogP contribution in [0.4, 0.5) is 0 Å². The standard InChI is InChI=1S/C16H20N2O4/c1-9-6-13(20-4)14(21-5)8-12(9)11(3)17-16(19)15-7-10(2)18-22-15/h6-8,11H,1-5H3,(H,17,19). The van der Waals surface area contributed by atoms with Gasteiger partial charge in [-0.05, 0) is 44.0 Å². The SMILES string of the molecule is COc1cc(C)c(C(C)NC(=O)c2cc(C)no2)cc1OC. The van der Waals surface area contributed by atoms with Crippen LogP contribution in [0.3, 0.4) is 0 Å². The summed E-state index contributed by atoms with van der Waals surface area (Å²) >= 11 is 0. The van der Waals surface area contributed by atoms with E-state index in [1.165, 1.54) is 0 Å². The van der Waals surface area contributed by atoms with Gasteiger partial charge in [-0.3, -0.25) is 4.79 Å². The van der Waals surface area contributed by atoms with Gasteiger partial charge in [0, 0.05) is 6.07 Å². The molecule has 118 valence electrons. The molecule has 22 heavy (non-hydrogen) atoms. The fourth-order valence-corrected chi connectivity index (χ4v) is 2.28.